The average Bonchev–Trinajstić information content (AvgIpc) is 2.97. The average molecular weight is 274 g/mol. The van der Waals surface area contributed by atoms with Crippen LogP contribution in [0.4, 0.5) is 0 Å². The van der Waals surface area contributed by atoms with E-state index in [4.69, 9.17) is 5.73 Å². The van der Waals surface area contributed by atoms with E-state index in [1.165, 1.54) is 37.8 Å². The number of hydrogen-bond donors (Lipinski definition) is 1. The zero-order valence-corrected chi connectivity index (χ0v) is 13.1. The minimum atomic E-state index is 0.642. The Hall–Kier alpha value is -0.860. The van der Waals surface area contributed by atoms with Crippen LogP contribution in [0.5, 0.6) is 0 Å². The minimum Gasteiger partial charge on any atom is -0.330 e. The number of nitrogens with zero attached hydrogens (tertiary/aromatic N) is 1. The second-order valence-corrected chi connectivity index (χ2v) is 6.22. The molecule has 2 N–H and O–H groups in total. The summed E-state index contributed by atoms with van der Waals surface area (Å²) in [7, 11) is 0. The Morgan fingerprint density at radius 3 is 2.65 bits per heavy atom. The quantitative estimate of drug-likeness (QED) is 0.822. The summed E-state index contributed by atoms with van der Waals surface area (Å²) >= 11 is 0. The molecular formula is C18H30N2. The van der Waals surface area contributed by atoms with E-state index in [1.807, 2.05) is 0 Å². The van der Waals surface area contributed by atoms with Gasteiger partial charge in [0, 0.05) is 6.04 Å². The molecule has 0 aliphatic heterocycles. The second-order valence-electron chi connectivity index (χ2n) is 6.22. The molecule has 20 heavy (non-hydrogen) atoms. The van der Waals surface area contributed by atoms with Gasteiger partial charge in [-0.2, -0.15) is 0 Å². The van der Waals surface area contributed by atoms with Crippen molar-refractivity contribution in [2.45, 2.75) is 51.5 Å². The Kier molecular flexibility index (Phi) is 6.06. The molecule has 3 atom stereocenters. The summed E-state index contributed by atoms with van der Waals surface area (Å²) in [4.78, 5) is 2.67. The van der Waals surface area contributed by atoms with Gasteiger partial charge in [0.25, 0.3) is 0 Å². The van der Waals surface area contributed by atoms with Gasteiger partial charge in [0.05, 0.1) is 0 Å². The van der Waals surface area contributed by atoms with Crippen LogP contribution in [-0.2, 0) is 0 Å². The fourth-order valence-corrected chi connectivity index (χ4v) is 3.64. The highest BCUT2D eigenvalue weighted by Gasteiger charge is 2.30. The zero-order valence-electron chi connectivity index (χ0n) is 13.1. The van der Waals surface area contributed by atoms with Gasteiger partial charge in [-0.15, -0.1) is 0 Å². The highest BCUT2D eigenvalue weighted by atomic mass is 15.2. The molecule has 0 aromatic heterocycles. The lowest BCUT2D eigenvalue weighted by Gasteiger charge is -2.32. The normalized spacial score (nSPS) is 24.2. The molecule has 0 bridgehead atoms. The minimum absolute atomic E-state index is 0.642. The predicted octanol–water partition coefficient (Wildman–Crippen LogP) is 3.63. The lowest BCUT2D eigenvalue weighted by molar-refractivity contribution is 0.165. The summed E-state index contributed by atoms with van der Waals surface area (Å²) in [5.41, 5.74) is 7.40. The lowest BCUT2D eigenvalue weighted by atomic mass is 9.96. The van der Waals surface area contributed by atoms with Crippen molar-refractivity contribution in [1.82, 2.24) is 4.90 Å². The van der Waals surface area contributed by atoms with Crippen LogP contribution in [0.25, 0.3) is 0 Å². The monoisotopic (exact) mass is 274 g/mol. The second kappa shape index (κ2) is 7.80. The summed E-state index contributed by atoms with van der Waals surface area (Å²) in [6.45, 7) is 7.85. The largest absolute Gasteiger partial charge is 0.330 e. The zero-order chi connectivity index (χ0) is 14.4. The molecule has 3 unspecified atom stereocenters. The molecule has 1 aromatic carbocycles. The molecule has 0 amide bonds. The molecule has 0 spiro atoms. The van der Waals surface area contributed by atoms with Gasteiger partial charge in [-0.05, 0) is 56.3 Å². The number of benzene rings is 1. The third kappa shape index (κ3) is 3.83. The number of rotatable bonds is 7. The summed E-state index contributed by atoms with van der Waals surface area (Å²) in [5.74, 6) is 1.37. The molecule has 0 heterocycles. The molecule has 1 saturated carbocycles. The van der Waals surface area contributed by atoms with Gasteiger partial charge in [-0.25, -0.2) is 0 Å². The fraction of sp³-hybridized carbons (Fsp3) is 0.667. The van der Waals surface area contributed by atoms with Gasteiger partial charge in [-0.1, -0.05) is 50.6 Å². The molecule has 112 valence electrons. The molecule has 0 radical (unpaired) electrons. The maximum absolute atomic E-state index is 5.94. The molecule has 1 aliphatic rings. The van der Waals surface area contributed by atoms with Crippen LogP contribution in [-0.4, -0.2) is 30.6 Å². The number of hydrogen-bond acceptors (Lipinski definition) is 2. The summed E-state index contributed by atoms with van der Waals surface area (Å²) in [6, 6.07) is 11.6. The van der Waals surface area contributed by atoms with Crippen molar-refractivity contribution < 1.29 is 0 Å². The maximum atomic E-state index is 5.94. The summed E-state index contributed by atoms with van der Waals surface area (Å²) in [5, 5.41) is 0. The first-order valence-corrected chi connectivity index (χ1v) is 8.25. The van der Waals surface area contributed by atoms with Crippen LogP contribution in [0.1, 0.15) is 51.0 Å². The smallest absolute Gasteiger partial charge is 0.0135 e. The molecule has 1 aliphatic carbocycles. The van der Waals surface area contributed by atoms with Gasteiger partial charge in [0.2, 0.25) is 0 Å². The topological polar surface area (TPSA) is 29.3 Å². The molecule has 1 aromatic rings. The summed E-state index contributed by atoms with van der Waals surface area (Å²) in [6.07, 6.45) is 5.27. The van der Waals surface area contributed by atoms with Gasteiger partial charge in [-0.3, -0.25) is 0 Å². The lowest BCUT2D eigenvalue weighted by Crippen LogP contribution is -2.41. The number of nitrogens with two attached hydrogens (primary N) is 1. The van der Waals surface area contributed by atoms with E-state index in [1.54, 1.807) is 0 Å². The Bertz CT molecular complexity index is 376. The van der Waals surface area contributed by atoms with Crippen molar-refractivity contribution in [3.8, 4) is 0 Å². The fourth-order valence-electron chi connectivity index (χ4n) is 3.64. The van der Waals surface area contributed by atoms with Gasteiger partial charge in [0.1, 0.15) is 0 Å². The molecule has 2 rings (SSSR count). The molecule has 2 nitrogen and oxygen atoms in total. The Balaban J connectivity index is 1.87. The van der Waals surface area contributed by atoms with Crippen LogP contribution >= 0.6 is 0 Å². The third-order valence-electron chi connectivity index (χ3n) is 5.01. The van der Waals surface area contributed by atoms with Crippen LogP contribution < -0.4 is 5.73 Å². The Morgan fingerprint density at radius 2 is 2.00 bits per heavy atom. The van der Waals surface area contributed by atoms with Gasteiger partial charge >= 0.3 is 0 Å². The van der Waals surface area contributed by atoms with Crippen molar-refractivity contribution >= 4 is 0 Å². The summed E-state index contributed by atoms with van der Waals surface area (Å²) < 4.78 is 0. The van der Waals surface area contributed by atoms with Crippen molar-refractivity contribution in [2.24, 2.45) is 11.7 Å². The highest BCUT2D eigenvalue weighted by molar-refractivity contribution is 5.18. The van der Waals surface area contributed by atoms with Crippen molar-refractivity contribution in [3.05, 3.63) is 35.9 Å². The van der Waals surface area contributed by atoms with E-state index < -0.39 is 0 Å². The van der Waals surface area contributed by atoms with Gasteiger partial charge in [0.15, 0.2) is 0 Å². The van der Waals surface area contributed by atoms with E-state index in [-0.39, 0.29) is 0 Å². The first kappa shape index (κ1) is 15.5. The molecule has 2 heteroatoms. The van der Waals surface area contributed by atoms with Crippen molar-refractivity contribution in [1.29, 1.82) is 0 Å². The van der Waals surface area contributed by atoms with E-state index in [2.05, 4.69) is 49.1 Å². The SMILES string of the molecule is CCN(CCC(C)c1ccccc1)C1CCCC1CN. The van der Waals surface area contributed by atoms with E-state index in [0.29, 0.717) is 5.92 Å². The Morgan fingerprint density at radius 1 is 1.25 bits per heavy atom. The van der Waals surface area contributed by atoms with E-state index in [9.17, 15) is 0 Å². The molecule has 1 fully saturated rings. The Labute approximate surface area is 124 Å². The van der Waals surface area contributed by atoms with E-state index in [0.717, 1.165) is 25.0 Å². The van der Waals surface area contributed by atoms with Crippen molar-refractivity contribution in [3.63, 3.8) is 0 Å². The van der Waals surface area contributed by atoms with Crippen LogP contribution in [0.15, 0.2) is 30.3 Å². The predicted molar refractivity (Wildman–Crippen MR) is 86.9 cm³/mol. The van der Waals surface area contributed by atoms with Crippen LogP contribution in [0.3, 0.4) is 0 Å². The first-order valence-electron chi connectivity index (χ1n) is 8.25. The molecular weight excluding hydrogens is 244 g/mol. The maximum Gasteiger partial charge on any atom is 0.0135 e. The van der Waals surface area contributed by atoms with Crippen LogP contribution in [0, 0.1) is 5.92 Å². The standard InChI is InChI=1S/C18H30N2/c1-3-20(18-11-7-10-17(18)14-19)13-12-15(2)16-8-5-4-6-9-16/h4-6,8-9,15,17-18H,3,7,10-14,19H2,1-2H3. The van der Waals surface area contributed by atoms with Gasteiger partial charge < -0.3 is 10.6 Å². The first-order chi connectivity index (χ1) is 9.76. The highest BCUT2D eigenvalue weighted by Crippen LogP contribution is 2.30. The third-order valence-corrected chi connectivity index (χ3v) is 5.01. The van der Waals surface area contributed by atoms with Crippen LogP contribution in [0.2, 0.25) is 0 Å². The van der Waals surface area contributed by atoms with E-state index >= 15 is 0 Å². The molecule has 0 saturated heterocycles. The van der Waals surface area contributed by atoms with Crippen molar-refractivity contribution in [2.75, 3.05) is 19.6 Å².